The highest BCUT2D eigenvalue weighted by Gasteiger charge is 2.34. The maximum Gasteiger partial charge on any atom is 0.244 e. The minimum absolute atomic E-state index is 0.103. The molecule has 0 unspecified atom stereocenters. The summed E-state index contributed by atoms with van der Waals surface area (Å²) in [6, 6.07) is 22.7. The Morgan fingerprint density at radius 2 is 1.61 bits per heavy atom. The fourth-order valence-corrected chi connectivity index (χ4v) is 5.66. The third-order valence-corrected chi connectivity index (χ3v) is 8.25. The zero-order valence-corrected chi connectivity index (χ0v) is 26.3. The van der Waals surface area contributed by atoms with Crippen molar-refractivity contribution in [3.05, 3.63) is 94.5 Å². The number of hydrogen-bond acceptors (Lipinski definition) is 5. The van der Waals surface area contributed by atoms with Crippen LogP contribution in [0.25, 0.3) is 0 Å². The topological polar surface area (TPSA) is 96.0 Å². The Bertz CT molecular complexity index is 1420. The van der Waals surface area contributed by atoms with Crippen LogP contribution in [0.5, 0.6) is 5.75 Å². The second-order valence-electron chi connectivity index (χ2n) is 9.85. The smallest absolute Gasteiger partial charge is 0.244 e. The van der Waals surface area contributed by atoms with Gasteiger partial charge in [-0.25, -0.2) is 8.42 Å². The molecule has 3 aromatic rings. The Hall–Kier alpha value is -3.37. The normalized spacial score (nSPS) is 12.7. The summed E-state index contributed by atoms with van der Waals surface area (Å²) < 4.78 is 33.6. The van der Waals surface area contributed by atoms with Gasteiger partial charge in [-0.3, -0.25) is 13.9 Å². The van der Waals surface area contributed by atoms with Gasteiger partial charge < -0.3 is 15.0 Å². The lowest BCUT2D eigenvalue weighted by atomic mass is 10.0. The number of carbonyl (C=O) groups excluding carboxylic acids is 2. The lowest BCUT2D eigenvalue weighted by Gasteiger charge is -2.34. The van der Waals surface area contributed by atoms with Crippen molar-refractivity contribution in [1.29, 1.82) is 0 Å². The molecule has 0 aliphatic carbocycles. The summed E-state index contributed by atoms with van der Waals surface area (Å²) in [5.41, 5.74) is 1.93. The number of nitrogens with one attached hydrogen (secondary N) is 1. The molecule has 10 heteroatoms. The van der Waals surface area contributed by atoms with Crippen LogP contribution < -0.4 is 14.4 Å². The first kappa shape index (κ1) is 32.1. The maximum atomic E-state index is 14.2. The van der Waals surface area contributed by atoms with Crippen molar-refractivity contribution < 1.29 is 22.7 Å². The molecule has 0 saturated carbocycles. The summed E-state index contributed by atoms with van der Waals surface area (Å²) in [5.74, 6) is -0.462. The fraction of sp³-hybridized carbons (Fsp3) is 0.355. The summed E-state index contributed by atoms with van der Waals surface area (Å²) in [6.45, 7) is 5.62. The average molecular weight is 645 g/mol. The van der Waals surface area contributed by atoms with Gasteiger partial charge in [-0.15, -0.1) is 0 Å². The fourth-order valence-electron chi connectivity index (χ4n) is 4.36. The van der Waals surface area contributed by atoms with Gasteiger partial charge in [0.2, 0.25) is 21.8 Å². The highest BCUT2D eigenvalue weighted by atomic mass is 79.9. The molecule has 0 aliphatic rings. The molecule has 2 amide bonds. The van der Waals surface area contributed by atoms with Crippen LogP contribution in [0, 0.1) is 0 Å². The monoisotopic (exact) mass is 643 g/mol. The van der Waals surface area contributed by atoms with Crippen LogP contribution in [0.4, 0.5) is 5.69 Å². The average Bonchev–Trinajstić information content (AvgIpc) is 2.94. The van der Waals surface area contributed by atoms with E-state index in [1.54, 1.807) is 31.2 Å². The minimum atomic E-state index is -3.90. The van der Waals surface area contributed by atoms with Crippen LogP contribution in [0.3, 0.4) is 0 Å². The first-order valence-electron chi connectivity index (χ1n) is 13.6. The first-order chi connectivity index (χ1) is 19.5. The minimum Gasteiger partial charge on any atom is -0.492 e. The molecule has 0 radical (unpaired) electrons. The van der Waals surface area contributed by atoms with E-state index in [-0.39, 0.29) is 30.6 Å². The Labute approximate surface area is 251 Å². The number of carbonyl (C=O) groups is 2. The van der Waals surface area contributed by atoms with Crippen molar-refractivity contribution in [3.8, 4) is 5.75 Å². The molecule has 3 rings (SSSR count). The molecule has 0 saturated heterocycles. The molecular formula is C31H38BrN3O5S. The van der Waals surface area contributed by atoms with Gasteiger partial charge in [-0.2, -0.15) is 0 Å². The number of hydrogen-bond donors (Lipinski definition) is 1. The van der Waals surface area contributed by atoms with Gasteiger partial charge in [0.15, 0.2) is 0 Å². The molecule has 1 N–H and O–H groups in total. The molecule has 3 aromatic carbocycles. The number of benzene rings is 3. The second-order valence-corrected chi connectivity index (χ2v) is 12.7. The highest BCUT2D eigenvalue weighted by molar-refractivity contribution is 9.10. The summed E-state index contributed by atoms with van der Waals surface area (Å²) in [5, 5.41) is 3.03. The van der Waals surface area contributed by atoms with Crippen molar-refractivity contribution in [2.45, 2.75) is 52.2 Å². The number of halogens is 1. The van der Waals surface area contributed by atoms with Crippen LogP contribution in [0.15, 0.2) is 83.3 Å². The van der Waals surface area contributed by atoms with Gasteiger partial charge in [0.05, 0.1) is 18.6 Å². The number of para-hydroxylation sites is 2. The Balaban J connectivity index is 2.09. The summed E-state index contributed by atoms with van der Waals surface area (Å²) in [4.78, 5) is 29.4. The summed E-state index contributed by atoms with van der Waals surface area (Å²) in [7, 11) is -3.90. The van der Waals surface area contributed by atoms with E-state index < -0.39 is 28.5 Å². The molecule has 0 aliphatic heterocycles. The Kier molecular flexibility index (Phi) is 11.8. The molecule has 8 nitrogen and oxygen atoms in total. The third kappa shape index (κ3) is 9.33. The maximum absolute atomic E-state index is 14.2. The van der Waals surface area contributed by atoms with E-state index >= 15 is 0 Å². The molecule has 220 valence electrons. The number of ether oxygens (including phenoxy) is 1. The van der Waals surface area contributed by atoms with Gasteiger partial charge in [0.1, 0.15) is 18.3 Å². The Morgan fingerprint density at radius 1 is 0.951 bits per heavy atom. The van der Waals surface area contributed by atoms with Crippen molar-refractivity contribution in [3.63, 3.8) is 0 Å². The number of sulfonamides is 1. The van der Waals surface area contributed by atoms with Gasteiger partial charge in [0, 0.05) is 23.5 Å². The number of amides is 2. The predicted molar refractivity (Wildman–Crippen MR) is 166 cm³/mol. The third-order valence-electron chi connectivity index (χ3n) is 6.63. The van der Waals surface area contributed by atoms with Crippen LogP contribution in [-0.4, -0.2) is 56.6 Å². The number of anilines is 1. The molecule has 0 fully saturated rings. The van der Waals surface area contributed by atoms with Gasteiger partial charge in [-0.1, -0.05) is 77.5 Å². The van der Waals surface area contributed by atoms with E-state index in [0.717, 1.165) is 32.6 Å². The Morgan fingerprint density at radius 3 is 2.24 bits per heavy atom. The van der Waals surface area contributed by atoms with E-state index in [1.807, 2.05) is 68.4 Å². The summed E-state index contributed by atoms with van der Waals surface area (Å²) >= 11 is 3.49. The van der Waals surface area contributed by atoms with Crippen LogP contribution in [0.1, 0.15) is 38.3 Å². The summed E-state index contributed by atoms with van der Waals surface area (Å²) in [6.07, 6.45) is 2.04. The zero-order valence-electron chi connectivity index (χ0n) is 23.9. The van der Waals surface area contributed by atoms with Crippen molar-refractivity contribution >= 4 is 43.5 Å². The van der Waals surface area contributed by atoms with Crippen molar-refractivity contribution in [2.24, 2.45) is 0 Å². The van der Waals surface area contributed by atoms with Gasteiger partial charge >= 0.3 is 0 Å². The van der Waals surface area contributed by atoms with E-state index in [0.29, 0.717) is 12.4 Å². The molecule has 2 atom stereocenters. The quantitative estimate of drug-likeness (QED) is 0.262. The number of nitrogens with zero attached hydrogens (tertiary/aromatic N) is 2. The molecule has 0 bridgehead atoms. The van der Waals surface area contributed by atoms with Crippen LogP contribution in [0.2, 0.25) is 0 Å². The lowest BCUT2D eigenvalue weighted by Crippen LogP contribution is -2.54. The van der Waals surface area contributed by atoms with Crippen molar-refractivity contribution in [1.82, 2.24) is 10.2 Å². The first-order valence-corrected chi connectivity index (χ1v) is 16.2. The predicted octanol–water partition coefficient (Wildman–Crippen LogP) is 5.17. The largest absolute Gasteiger partial charge is 0.492 e. The molecular weight excluding hydrogens is 606 g/mol. The van der Waals surface area contributed by atoms with E-state index in [4.69, 9.17) is 4.74 Å². The molecule has 0 aromatic heterocycles. The highest BCUT2D eigenvalue weighted by Crippen LogP contribution is 2.30. The lowest BCUT2D eigenvalue weighted by molar-refractivity contribution is -0.140. The number of rotatable bonds is 14. The second kappa shape index (κ2) is 15.0. The van der Waals surface area contributed by atoms with Gasteiger partial charge in [-0.05, 0) is 55.7 Å². The van der Waals surface area contributed by atoms with Crippen molar-refractivity contribution in [2.75, 3.05) is 23.7 Å². The molecule has 0 heterocycles. The van der Waals surface area contributed by atoms with Gasteiger partial charge in [0.25, 0.3) is 0 Å². The molecule has 0 spiro atoms. The SMILES string of the molecule is CCOc1ccccc1N(CC(=O)N(Cc1cccc(Br)c1)[C@@H](Cc1ccccc1)C(=O)N[C@H](C)CC)S(C)(=O)=O. The molecule has 41 heavy (non-hydrogen) atoms. The zero-order chi connectivity index (χ0) is 30.0. The van der Waals surface area contributed by atoms with E-state index in [1.165, 1.54) is 4.90 Å². The van der Waals surface area contributed by atoms with Crippen LogP contribution in [-0.2, 0) is 32.6 Å². The van der Waals surface area contributed by atoms with E-state index in [9.17, 15) is 18.0 Å². The van der Waals surface area contributed by atoms with Crippen LogP contribution >= 0.6 is 15.9 Å². The van der Waals surface area contributed by atoms with E-state index in [2.05, 4.69) is 21.2 Å². The standard InChI is InChI=1S/C31H38BrN3O5S/c1-5-23(3)33-31(37)28(20-24-13-8-7-9-14-24)34(21-25-15-12-16-26(32)19-25)30(36)22-35(41(4,38)39)27-17-10-11-18-29(27)40-6-2/h7-19,23,28H,5-6,20-22H2,1-4H3,(H,33,37)/t23-,28+/m1/s1.